The molecule has 0 unspecified atom stereocenters. The van der Waals surface area contributed by atoms with E-state index < -0.39 is 23.0 Å². The zero-order valence-corrected chi connectivity index (χ0v) is 17.9. The van der Waals surface area contributed by atoms with E-state index in [2.05, 4.69) is 15.8 Å². The smallest absolute Gasteiger partial charge is 0.407 e. The van der Waals surface area contributed by atoms with Crippen molar-refractivity contribution in [2.75, 3.05) is 20.8 Å². The summed E-state index contributed by atoms with van der Waals surface area (Å²) in [6.45, 7) is 1.79. The van der Waals surface area contributed by atoms with Gasteiger partial charge in [0.05, 0.1) is 43.6 Å². The number of hydrogen-bond acceptors (Lipinski definition) is 8. The molecular formula is C21H24N4O7. The number of nitrogens with zero attached hydrogens (tertiary/aromatic N) is 2. The van der Waals surface area contributed by atoms with E-state index in [0.29, 0.717) is 0 Å². The van der Waals surface area contributed by atoms with Crippen molar-refractivity contribution >= 4 is 23.9 Å². The highest BCUT2D eigenvalue weighted by molar-refractivity contribution is 5.90. The molecule has 0 aliphatic rings. The molecule has 0 aromatic heterocycles. The Labute approximate surface area is 184 Å². The average molecular weight is 444 g/mol. The van der Waals surface area contributed by atoms with Gasteiger partial charge in [0.1, 0.15) is 6.04 Å². The van der Waals surface area contributed by atoms with Crippen LogP contribution in [0.3, 0.4) is 0 Å². The molecule has 2 amide bonds. The predicted octanol–water partition coefficient (Wildman–Crippen LogP) is 2.42. The zero-order chi connectivity index (χ0) is 23.5. The van der Waals surface area contributed by atoms with Gasteiger partial charge >= 0.3 is 6.09 Å². The van der Waals surface area contributed by atoms with Crippen LogP contribution in [0.1, 0.15) is 18.1 Å². The van der Waals surface area contributed by atoms with Crippen molar-refractivity contribution in [2.24, 2.45) is 5.10 Å². The summed E-state index contributed by atoms with van der Waals surface area (Å²) in [4.78, 5) is 35.3. The molecule has 0 fully saturated rings. The van der Waals surface area contributed by atoms with Gasteiger partial charge < -0.3 is 19.5 Å². The lowest BCUT2D eigenvalue weighted by Crippen LogP contribution is -2.47. The van der Waals surface area contributed by atoms with E-state index in [9.17, 15) is 19.7 Å². The number of alkyl carbamates (subject to hydrolysis) is 1. The lowest BCUT2D eigenvalue weighted by molar-refractivity contribution is -0.385. The van der Waals surface area contributed by atoms with Gasteiger partial charge in [-0.15, -0.1) is 0 Å². The van der Waals surface area contributed by atoms with E-state index in [1.165, 1.54) is 26.4 Å². The second kappa shape index (κ2) is 11.9. The van der Waals surface area contributed by atoms with Crippen LogP contribution in [0.5, 0.6) is 11.5 Å². The van der Waals surface area contributed by atoms with Crippen LogP contribution in [0.25, 0.3) is 0 Å². The van der Waals surface area contributed by atoms with E-state index in [4.69, 9.17) is 14.2 Å². The molecule has 0 aliphatic carbocycles. The molecule has 2 rings (SSSR count). The number of nitrogens with one attached hydrogen (secondary N) is 2. The number of nitro benzene ring substituents is 1. The molecule has 0 saturated heterocycles. The third-order valence-electron chi connectivity index (χ3n) is 4.27. The molecule has 0 radical (unpaired) electrons. The van der Waals surface area contributed by atoms with E-state index in [0.717, 1.165) is 11.8 Å². The molecule has 2 N–H and O–H groups in total. The van der Waals surface area contributed by atoms with Gasteiger partial charge in [-0.3, -0.25) is 14.9 Å². The fraction of sp³-hybridized carbons (Fsp3) is 0.286. The fourth-order valence-electron chi connectivity index (χ4n) is 2.76. The largest absolute Gasteiger partial charge is 0.493 e. The van der Waals surface area contributed by atoms with Crippen LogP contribution in [-0.2, 0) is 16.0 Å². The van der Waals surface area contributed by atoms with Crippen LogP contribution >= 0.6 is 0 Å². The molecule has 2 aromatic rings. The van der Waals surface area contributed by atoms with Crippen molar-refractivity contribution in [1.82, 2.24) is 10.7 Å². The number of carbonyl (C=O) groups excluding carboxylic acids is 2. The van der Waals surface area contributed by atoms with Gasteiger partial charge in [0.2, 0.25) is 0 Å². The highest BCUT2D eigenvalue weighted by Crippen LogP contribution is 2.33. The molecule has 2 aromatic carbocycles. The standard InChI is InChI=1S/C21H24N4O7/c1-4-32-21(27)23-16(10-14-8-6-5-7-9-14)20(26)24-22-13-15-11-18(30-2)19(31-3)12-17(15)25(28)29/h5-9,11-13,16H,4,10H2,1-3H3,(H,23,27)(H,24,26)/b22-13-/t16-/m0/s1. The number of carbonyl (C=O) groups is 2. The van der Waals surface area contributed by atoms with Crippen molar-refractivity contribution in [3.05, 3.63) is 63.7 Å². The van der Waals surface area contributed by atoms with Crippen LogP contribution in [0, 0.1) is 10.1 Å². The summed E-state index contributed by atoms with van der Waals surface area (Å²) in [5.41, 5.74) is 2.91. The summed E-state index contributed by atoms with van der Waals surface area (Å²) in [5.74, 6) is -0.181. The summed E-state index contributed by atoms with van der Waals surface area (Å²) in [6.07, 6.45) is 0.558. The first-order chi connectivity index (χ1) is 15.4. The second-order valence-electron chi connectivity index (χ2n) is 6.36. The van der Waals surface area contributed by atoms with Gasteiger partial charge in [-0.05, 0) is 18.6 Å². The lowest BCUT2D eigenvalue weighted by atomic mass is 10.1. The summed E-state index contributed by atoms with van der Waals surface area (Å²) >= 11 is 0. The minimum atomic E-state index is -0.978. The maximum atomic E-state index is 12.6. The Morgan fingerprint density at radius 3 is 2.41 bits per heavy atom. The monoisotopic (exact) mass is 444 g/mol. The Morgan fingerprint density at radius 2 is 1.81 bits per heavy atom. The number of methoxy groups -OCH3 is 2. The van der Waals surface area contributed by atoms with Crippen LogP contribution in [0.2, 0.25) is 0 Å². The topological polar surface area (TPSA) is 141 Å². The zero-order valence-electron chi connectivity index (χ0n) is 17.9. The van der Waals surface area contributed by atoms with Gasteiger partial charge in [0.15, 0.2) is 11.5 Å². The average Bonchev–Trinajstić information content (AvgIpc) is 2.78. The first-order valence-electron chi connectivity index (χ1n) is 9.60. The third kappa shape index (κ3) is 6.69. The predicted molar refractivity (Wildman–Crippen MR) is 116 cm³/mol. The van der Waals surface area contributed by atoms with Crippen LogP contribution < -0.4 is 20.2 Å². The number of hydrogen-bond donors (Lipinski definition) is 2. The van der Waals surface area contributed by atoms with E-state index in [1.54, 1.807) is 6.92 Å². The minimum Gasteiger partial charge on any atom is -0.493 e. The number of hydrazone groups is 1. The molecular weight excluding hydrogens is 420 g/mol. The normalized spacial score (nSPS) is 11.5. The number of amides is 2. The molecule has 0 heterocycles. The summed E-state index contributed by atoms with van der Waals surface area (Å²) in [6, 6.07) is 10.7. The number of rotatable bonds is 10. The van der Waals surface area contributed by atoms with Crippen LogP contribution in [0.15, 0.2) is 47.6 Å². The van der Waals surface area contributed by atoms with Crippen molar-refractivity contribution in [3.8, 4) is 11.5 Å². The molecule has 0 aliphatic heterocycles. The molecule has 0 saturated carbocycles. The summed E-state index contributed by atoms with van der Waals surface area (Å²) in [5, 5.41) is 17.7. The number of benzene rings is 2. The molecule has 0 bridgehead atoms. The second-order valence-corrected chi connectivity index (χ2v) is 6.36. The van der Waals surface area contributed by atoms with Crippen LogP contribution in [0.4, 0.5) is 10.5 Å². The minimum absolute atomic E-state index is 0.0888. The quantitative estimate of drug-likeness (QED) is 0.326. The van der Waals surface area contributed by atoms with Crippen molar-refractivity contribution < 1.29 is 28.7 Å². The van der Waals surface area contributed by atoms with Gasteiger partial charge in [0.25, 0.3) is 11.6 Å². The molecule has 1 atom stereocenters. The van der Waals surface area contributed by atoms with E-state index in [1.807, 2.05) is 30.3 Å². The molecule has 11 nitrogen and oxygen atoms in total. The Morgan fingerprint density at radius 1 is 1.16 bits per heavy atom. The Balaban J connectivity index is 2.20. The van der Waals surface area contributed by atoms with Crippen molar-refractivity contribution in [1.29, 1.82) is 0 Å². The first-order valence-corrected chi connectivity index (χ1v) is 9.60. The maximum Gasteiger partial charge on any atom is 0.407 e. The van der Waals surface area contributed by atoms with Crippen molar-refractivity contribution in [2.45, 2.75) is 19.4 Å². The van der Waals surface area contributed by atoms with E-state index in [-0.39, 0.29) is 35.8 Å². The van der Waals surface area contributed by atoms with Crippen LogP contribution in [-0.4, -0.2) is 50.0 Å². The summed E-state index contributed by atoms with van der Waals surface area (Å²) in [7, 11) is 2.75. The highest BCUT2D eigenvalue weighted by Gasteiger charge is 2.22. The fourth-order valence-corrected chi connectivity index (χ4v) is 2.76. The maximum absolute atomic E-state index is 12.6. The Bertz CT molecular complexity index is 980. The van der Waals surface area contributed by atoms with Gasteiger partial charge in [-0.1, -0.05) is 30.3 Å². The van der Waals surface area contributed by atoms with Crippen molar-refractivity contribution in [3.63, 3.8) is 0 Å². The molecule has 0 spiro atoms. The Hall–Kier alpha value is -4.15. The first kappa shape index (κ1) is 24.1. The highest BCUT2D eigenvalue weighted by atomic mass is 16.6. The Kier molecular flexibility index (Phi) is 8.96. The number of nitro groups is 1. The van der Waals surface area contributed by atoms with Gasteiger partial charge in [0, 0.05) is 6.42 Å². The SMILES string of the molecule is CCOC(=O)N[C@@H](Cc1ccccc1)C(=O)N/N=C\c1cc(OC)c(OC)cc1[N+](=O)[O-]. The lowest BCUT2D eigenvalue weighted by Gasteiger charge is -2.16. The molecule has 170 valence electrons. The molecule has 32 heavy (non-hydrogen) atoms. The van der Waals surface area contributed by atoms with E-state index >= 15 is 0 Å². The van der Waals surface area contributed by atoms with Gasteiger partial charge in [-0.2, -0.15) is 5.10 Å². The third-order valence-corrected chi connectivity index (χ3v) is 4.27. The molecule has 11 heteroatoms. The number of ether oxygens (including phenoxy) is 3. The van der Waals surface area contributed by atoms with Gasteiger partial charge in [-0.25, -0.2) is 10.2 Å². The summed E-state index contributed by atoms with van der Waals surface area (Å²) < 4.78 is 15.1.